The van der Waals surface area contributed by atoms with Gasteiger partial charge in [0.2, 0.25) is 0 Å². The first kappa shape index (κ1) is 7.11. The van der Waals surface area contributed by atoms with E-state index in [1.165, 1.54) is 19.3 Å². The molecule has 0 N–H and O–H groups in total. The summed E-state index contributed by atoms with van der Waals surface area (Å²) in [5.41, 5.74) is 0.595. The molecule has 1 fully saturated rings. The first-order valence-electron chi connectivity index (χ1n) is 3.97. The van der Waals surface area contributed by atoms with E-state index in [1.54, 1.807) is 0 Å². The molecule has 0 nitrogen and oxygen atoms in total. The minimum absolute atomic E-state index is 0.595. The topological polar surface area (TPSA) is 0 Å². The van der Waals surface area contributed by atoms with E-state index < -0.39 is 0 Å². The molecule has 1 rings (SSSR count). The zero-order valence-electron chi connectivity index (χ0n) is 6.78. The molecule has 1 unspecified atom stereocenters. The molecule has 0 bridgehead atoms. The molecule has 0 spiro atoms. The van der Waals surface area contributed by atoms with E-state index in [9.17, 15) is 0 Å². The highest BCUT2D eigenvalue weighted by atomic mass is 14.3. The minimum Gasteiger partial charge on any atom is -0.0649 e. The summed E-state index contributed by atoms with van der Waals surface area (Å²) in [5.74, 6) is 0.972. The predicted molar refractivity (Wildman–Crippen MR) is 41.1 cm³/mol. The van der Waals surface area contributed by atoms with Gasteiger partial charge in [0.15, 0.2) is 0 Å². The highest BCUT2D eigenvalue weighted by Crippen LogP contribution is 2.40. The zero-order chi connectivity index (χ0) is 6.91. The number of hydrogen-bond donors (Lipinski definition) is 0. The Morgan fingerprint density at radius 1 is 1.56 bits per heavy atom. The Bertz CT molecular complexity index is 88.2. The molecule has 1 aliphatic rings. The molecule has 0 heteroatoms. The Labute approximate surface area is 58.7 Å². The summed E-state index contributed by atoms with van der Waals surface area (Å²) in [6.45, 7) is 7.00. The summed E-state index contributed by atoms with van der Waals surface area (Å²) >= 11 is 0. The van der Waals surface area contributed by atoms with Crippen molar-refractivity contribution >= 4 is 0 Å². The summed E-state index contributed by atoms with van der Waals surface area (Å²) < 4.78 is 0. The molecule has 0 saturated heterocycles. The lowest BCUT2D eigenvalue weighted by molar-refractivity contribution is 0.307. The average molecular weight is 125 g/mol. The molecular formula is C9H17. The van der Waals surface area contributed by atoms with E-state index in [4.69, 9.17) is 0 Å². The summed E-state index contributed by atoms with van der Waals surface area (Å²) in [6.07, 6.45) is 6.52. The van der Waals surface area contributed by atoms with Crippen molar-refractivity contribution in [3.63, 3.8) is 0 Å². The van der Waals surface area contributed by atoms with Crippen molar-refractivity contribution in [2.24, 2.45) is 11.3 Å². The molecule has 0 aromatic rings. The van der Waals surface area contributed by atoms with Crippen LogP contribution in [0.25, 0.3) is 0 Å². The fourth-order valence-electron chi connectivity index (χ4n) is 1.12. The third-order valence-corrected chi connectivity index (χ3v) is 2.34. The van der Waals surface area contributed by atoms with E-state index >= 15 is 0 Å². The van der Waals surface area contributed by atoms with Gasteiger partial charge in [0.1, 0.15) is 0 Å². The molecule has 1 saturated carbocycles. The monoisotopic (exact) mass is 125 g/mol. The molecule has 0 amide bonds. The van der Waals surface area contributed by atoms with Gasteiger partial charge in [-0.15, -0.1) is 0 Å². The summed E-state index contributed by atoms with van der Waals surface area (Å²) in [4.78, 5) is 0. The molecule has 53 valence electrons. The van der Waals surface area contributed by atoms with Crippen LogP contribution in [0.2, 0.25) is 0 Å². The van der Waals surface area contributed by atoms with E-state index in [-0.39, 0.29) is 0 Å². The molecule has 0 aromatic carbocycles. The predicted octanol–water partition coefficient (Wildman–Crippen LogP) is 3.04. The van der Waals surface area contributed by atoms with Gasteiger partial charge in [-0.1, -0.05) is 27.2 Å². The first-order chi connectivity index (χ1) is 4.14. The lowest BCUT2D eigenvalue weighted by Crippen LogP contribution is -2.09. The van der Waals surface area contributed by atoms with Gasteiger partial charge < -0.3 is 0 Å². The van der Waals surface area contributed by atoms with Crippen molar-refractivity contribution in [1.82, 2.24) is 0 Å². The van der Waals surface area contributed by atoms with E-state index in [1.807, 2.05) is 0 Å². The second-order valence-electron chi connectivity index (χ2n) is 3.95. The fraction of sp³-hybridized carbons (Fsp3) is 0.889. The van der Waals surface area contributed by atoms with Crippen LogP contribution in [0.1, 0.15) is 40.0 Å². The second-order valence-corrected chi connectivity index (χ2v) is 3.95. The first-order valence-corrected chi connectivity index (χ1v) is 3.97. The van der Waals surface area contributed by atoms with Crippen LogP contribution in [0.15, 0.2) is 0 Å². The third-order valence-electron chi connectivity index (χ3n) is 2.34. The lowest BCUT2D eigenvalue weighted by atomic mass is 9.84. The maximum absolute atomic E-state index is 2.41. The largest absolute Gasteiger partial charge is 0.0649 e. The Kier molecular flexibility index (Phi) is 1.83. The van der Waals surface area contributed by atoms with Crippen molar-refractivity contribution in [1.29, 1.82) is 0 Å². The molecule has 1 atom stereocenters. The van der Waals surface area contributed by atoms with Crippen molar-refractivity contribution in [3.05, 3.63) is 6.42 Å². The zero-order valence-corrected chi connectivity index (χ0v) is 6.78. The number of rotatable bonds is 3. The van der Waals surface area contributed by atoms with Gasteiger partial charge in [-0.3, -0.25) is 0 Å². The van der Waals surface area contributed by atoms with Gasteiger partial charge in [0, 0.05) is 0 Å². The maximum Gasteiger partial charge on any atom is -0.0352 e. The van der Waals surface area contributed by atoms with Gasteiger partial charge in [-0.25, -0.2) is 0 Å². The molecule has 9 heavy (non-hydrogen) atoms. The van der Waals surface area contributed by atoms with E-state index in [2.05, 4.69) is 27.2 Å². The van der Waals surface area contributed by atoms with Crippen LogP contribution in [0, 0.1) is 17.8 Å². The van der Waals surface area contributed by atoms with E-state index in [0.717, 1.165) is 5.92 Å². The van der Waals surface area contributed by atoms with Gasteiger partial charge in [-0.2, -0.15) is 0 Å². The van der Waals surface area contributed by atoms with Crippen LogP contribution >= 0.6 is 0 Å². The van der Waals surface area contributed by atoms with Crippen LogP contribution in [0.3, 0.4) is 0 Å². The summed E-state index contributed by atoms with van der Waals surface area (Å²) in [5, 5.41) is 0. The highest BCUT2D eigenvalue weighted by molar-refractivity contribution is 4.96. The maximum atomic E-state index is 2.41. The van der Waals surface area contributed by atoms with Crippen molar-refractivity contribution in [2.45, 2.75) is 40.0 Å². The smallest absolute Gasteiger partial charge is 0.0352 e. The Morgan fingerprint density at radius 3 is 2.44 bits per heavy atom. The van der Waals surface area contributed by atoms with Gasteiger partial charge in [0.05, 0.1) is 0 Å². The van der Waals surface area contributed by atoms with Crippen LogP contribution in [0.4, 0.5) is 0 Å². The molecular weight excluding hydrogens is 108 g/mol. The van der Waals surface area contributed by atoms with E-state index in [0.29, 0.717) is 5.41 Å². The summed E-state index contributed by atoms with van der Waals surface area (Å²) in [7, 11) is 0. The molecule has 1 aliphatic carbocycles. The van der Waals surface area contributed by atoms with Crippen molar-refractivity contribution < 1.29 is 0 Å². The quantitative estimate of drug-likeness (QED) is 0.544. The minimum atomic E-state index is 0.595. The molecule has 0 heterocycles. The third kappa shape index (κ3) is 2.38. The number of hydrogen-bond acceptors (Lipinski definition) is 0. The second kappa shape index (κ2) is 2.32. The van der Waals surface area contributed by atoms with Crippen LogP contribution < -0.4 is 0 Å². The SMILES string of the molecule is CCC(C)(C)CC1[CH]C1. The van der Waals surface area contributed by atoms with Gasteiger partial charge >= 0.3 is 0 Å². The van der Waals surface area contributed by atoms with Crippen LogP contribution in [0.5, 0.6) is 0 Å². The van der Waals surface area contributed by atoms with Crippen molar-refractivity contribution in [3.8, 4) is 0 Å². The Morgan fingerprint density at radius 2 is 2.11 bits per heavy atom. The Hall–Kier alpha value is 0. The fourth-order valence-corrected chi connectivity index (χ4v) is 1.12. The standard InChI is InChI=1S/C9H17/c1-4-9(2,3)7-8-5-6-8/h5,8H,4,6-7H2,1-3H3. The average Bonchev–Trinajstić information content (AvgIpc) is 2.50. The van der Waals surface area contributed by atoms with Gasteiger partial charge in [0.25, 0.3) is 0 Å². The molecule has 1 radical (unpaired) electrons. The summed E-state index contributed by atoms with van der Waals surface area (Å²) in [6, 6.07) is 0. The molecule has 0 aliphatic heterocycles. The molecule has 0 aromatic heterocycles. The van der Waals surface area contributed by atoms with Crippen LogP contribution in [-0.4, -0.2) is 0 Å². The lowest BCUT2D eigenvalue weighted by Gasteiger charge is -2.21. The van der Waals surface area contributed by atoms with Crippen molar-refractivity contribution in [2.75, 3.05) is 0 Å². The highest BCUT2D eigenvalue weighted by Gasteiger charge is 2.28. The van der Waals surface area contributed by atoms with Gasteiger partial charge in [-0.05, 0) is 30.6 Å². The normalized spacial score (nSPS) is 20.3. The van der Waals surface area contributed by atoms with Crippen LogP contribution in [-0.2, 0) is 0 Å². The Balaban J connectivity index is 2.21.